The van der Waals surface area contributed by atoms with Crippen molar-refractivity contribution < 1.29 is 9.84 Å². The molecular weight excluding hydrogens is 224 g/mol. The van der Waals surface area contributed by atoms with E-state index in [0.29, 0.717) is 17.4 Å². The zero-order valence-electron chi connectivity index (χ0n) is 8.56. The fourth-order valence-corrected chi connectivity index (χ4v) is 1.53. The minimum atomic E-state index is 0.240. The number of aromatic hydroxyl groups is 1. The molecule has 82 valence electrons. The number of phenols is 1. The smallest absolute Gasteiger partial charge is 0.122 e. The highest BCUT2D eigenvalue weighted by Crippen LogP contribution is 2.21. The number of phenolic OH excluding ortho intramolecular Hbond substituents is 1. The molecule has 0 bridgehead atoms. The van der Waals surface area contributed by atoms with E-state index in [0.717, 1.165) is 5.56 Å². The third kappa shape index (κ3) is 2.67. The molecule has 16 heavy (non-hydrogen) atoms. The van der Waals surface area contributed by atoms with Crippen molar-refractivity contribution in [3.05, 3.63) is 59.1 Å². The molecule has 2 rings (SSSR count). The van der Waals surface area contributed by atoms with Gasteiger partial charge in [0, 0.05) is 10.6 Å². The summed E-state index contributed by atoms with van der Waals surface area (Å²) in [4.78, 5) is 0. The van der Waals surface area contributed by atoms with Crippen molar-refractivity contribution >= 4 is 11.6 Å². The lowest BCUT2D eigenvalue weighted by molar-refractivity contribution is 0.299. The second kappa shape index (κ2) is 4.90. The van der Waals surface area contributed by atoms with Gasteiger partial charge in [0.15, 0.2) is 0 Å². The van der Waals surface area contributed by atoms with Crippen LogP contribution in [0.25, 0.3) is 0 Å². The Morgan fingerprint density at radius 1 is 1.06 bits per heavy atom. The largest absolute Gasteiger partial charge is 0.508 e. The number of rotatable bonds is 3. The lowest BCUT2D eigenvalue weighted by atomic mass is 10.2. The average Bonchev–Trinajstić information content (AvgIpc) is 2.28. The molecule has 0 atom stereocenters. The molecular formula is C13H11ClO2. The summed E-state index contributed by atoms with van der Waals surface area (Å²) in [6.07, 6.45) is 0. The lowest BCUT2D eigenvalue weighted by Gasteiger charge is -2.07. The number of benzene rings is 2. The van der Waals surface area contributed by atoms with Gasteiger partial charge in [-0.05, 0) is 24.3 Å². The molecule has 0 aromatic heterocycles. The highest BCUT2D eigenvalue weighted by molar-refractivity contribution is 6.30. The average molecular weight is 235 g/mol. The van der Waals surface area contributed by atoms with Gasteiger partial charge in [-0.15, -0.1) is 0 Å². The molecule has 0 aliphatic rings. The van der Waals surface area contributed by atoms with Gasteiger partial charge in [0.1, 0.15) is 18.1 Å². The van der Waals surface area contributed by atoms with Gasteiger partial charge in [-0.3, -0.25) is 0 Å². The Bertz CT molecular complexity index is 483. The predicted octanol–water partition coefficient (Wildman–Crippen LogP) is 3.62. The van der Waals surface area contributed by atoms with Gasteiger partial charge in [0.05, 0.1) is 0 Å². The second-order valence-electron chi connectivity index (χ2n) is 3.37. The molecule has 0 fully saturated rings. The van der Waals surface area contributed by atoms with Crippen LogP contribution in [0.3, 0.4) is 0 Å². The van der Waals surface area contributed by atoms with Crippen molar-refractivity contribution in [2.24, 2.45) is 0 Å². The van der Waals surface area contributed by atoms with Crippen LogP contribution in [0.2, 0.25) is 5.02 Å². The molecule has 0 saturated carbocycles. The third-order valence-electron chi connectivity index (χ3n) is 2.18. The highest BCUT2D eigenvalue weighted by Gasteiger charge is 2.00. The van der Waals surface area contributed by atoms with E-state index in [4.69, 9.17) is 16.3 Å². The molecule has 0 unspecified atom stereocenters. The van der Waals surface area contributed by atoms with Crippen LogP contribution in [0.5, 0.6) is 11.5 Å². The Kier molecular flexibility index (Phi) is 3.32. The van der Waals surface area contributed by atoms with E-state index in [9.17, 15) is 5.11 Å². The van der Waals surface area contributed by atoms with Crippen LogP contribution >= 0.6 is 11.6 Å². The molecule has 3 heteroatoms. The van der Waals surface area contributed by atoms with Crippen molar-refractivity contribution in [2.75, 3.05) is 0 Å². The first-order valence-electron chi connectivity index (χ1n) is 4.91. The first-order valence-corrected chi connectivity index (χ1v) is 5.29. The summed E-state index contributed by atoms with van der Waals surface area (Å²) in [6.45, 7) is 0.326. The SMILES string of the molecule is Oc1ccccc1COc1cccc(Cl)c1. The summed E-state index contributed by atoms with van der Waals surface area (Å²) in [6, 6.07) is 14.3. The Morgan fingerprint density at radius 2 is 1.88 bits per heavy atom. The summed E-state index contributed by atoms with van der Waals surface area (Å²) in [5.74, 6) is 0.931. The number of halogens is 1. The van der Waals surface area contributed by atoms with E-state index in [1.165, 1.54) is 0 Å². The van der Waals surface area contributed by atoms with E-state index < -0.39 is 0 Å². The summed E-state index contributed by atoms with van der Waals surface area (Å²) >= 11 is 5.83. The lowest BCUT2D eigenvalue weighted by Crippen LogP contribution is -1.95. The molecule has 2 nitrogen and oxygen atoms in total. The quantitative estimate of drug-likeness (QED) is 0.879. The van der Waals surface area contributed by atoms with Gasteiger partial charge in [-0.1, -0.05) is 35.9 Å². The zero-order valence-corrected chi connectivity index (χ0v) is 9.32. The van der Waals surface area contributed by atoms with E-state index >= 15 is 0 Å². The normalized spacial score (nSPS) is 10.1. The topological polar surface area (TPSA) is 29.5 Å². The molecule has 2 aromatic rings. The maximum atomic E-state index is 9.54. The molecule has 0 heterocycles. The molecule has 0 spiro atoms. The van der Waals surface area contributed by atoms with Gasteiger partial charge in [0.2, 0.25) is 0 Å². The minimum absolute atomic E-state index is 0.240. The van der Waals surface area contributed by atoms with Gasteiger partial charge in [-0.2, -0.15) is 0 Å². The van der Waals surface area contributed by atoms with E-state index in [-0.39, 0.29) is 5.75 Å². The minimum Gasteiger partial charge on any atom is -0.508 e. The Balaban J connectivity index is 2.05. The monoisotopic (exact) mass is 234 g/mol. The fourth-order valence-electron chi connectivity index (χ4n) is 1.35. The van der Waals surface area contributed by atoms with Gasteiger partial charge < -0.3 is 9.84 Å². The van der Waals surface area contributed by atoms with Crippen LogP contribution in [0.4, 0.5) is 0 Å². The molecule has 0 radical (unpaired) electrons. The molecule has 0 saturated heterocycles. The van der Waals surface area contributed by atoms with Crippen molar-refractivity contribution in [1.82, 2.24) is 0 Å². The Hall–Kier alpha value is -1.67. The first kappa shape index (κ1) is 10.8. The molecule has 2 aromatic carbocycles. The van der Waals surface area contributed by atoms with E-state index in [1.54, 1.807) is 24.3 Å². The van der Waals surface area contributed by atoms with Crippen LogP contribution in [-0.2, 0) is 6.61 Å². The molecule has 0 amide bonds. The maximum absolute atomic E-state index is 9.54. The first-order chi connectivity index (χ1) is 7.75. The van der Waals surface area contributed by atoms with Crippen LogP contribution in [-0.4, -0.2) is 5.11 Å². The summed E-state index contributed by atoms with van der Waals surface area (Å²) < 4.78 is 5.51. The van der Waals surface area contributed by atoms with Crippen molar-refractivity contribution in [1.29, 1.82) is 0 Å². The number of ether oxygens (including phenoxy) is 1. The van der Waals surface area contributed by atoms with Crippen molar-refractivity contribution in [2.45, 2.75) is 6.61 Å². The maximum Gasteiger partial charge on any atom is 0.122 e. The van der Waals surface area contributed by atoms with Crippen LogP contribution < -0.4 is 4.74 Å². The zero-order chi connectivity index (χ0) is 11.4. The van der Waals surface area contributed by atoms with Crippen LogP contribution in [0, 0.1) is 0 Å². The van der Waals surface area contributed by atoms with Crippen LogP contribution in [0.15, 0.2) is 48.5 Å². The molecule has 0 aliphatic carbocycles. The summed E-state index contributed by atoms with van der Waals surface area (Å²) in [5.41, 5.74) is 0.752. The number of hydrogen-bond donors (Lipinski definition) is 1. The van der Waals surface area contributed by atoms with Crippen molar-refractivity contribution in [3.63, 3.8) is 0 Å². The summed E-state index contributed by atoms with van der Waals surface area (Å²) in [5, 5.41) is 10.2. The van der Waals surface area contributed by atoms with Gasteiger partial charge >= 0.3 is 0 Å². The molecule has 0 aliphatic heterocycles. The second-order valence-corrected chi connectivity index (χ2v) is 3.81. The summed E-state index contributed by atoms with van der Waals surface area (Å²) in [7, 11) is 0. The van der Waals surface area contributed by atoms with Gasteiger partial charge in [-0.25, -0.2) is 0 Å². The van der Waals surface area contributed by atoms with Crippen LogP contribution in [0.1, 0.15) is 5.56 Å². The third-order valence-corrected chi connectivity index (χ3v) is 2.42. The Labute approximate surface area is 99.1 Å². The van der Waals surface area contributed by atoms with Crippen molar-refractivity contribution in [3.8, 4) is 11.5 Å². The highest BCUT2D eigenvalue weighted by atomic mass is 35.5. The van der Waals surface area contributed by atoms with E-state index in [1.807, 2.05) is 24.3 Å². The Morgan fingerprint density at radius 3 is 2.62 bits per heavy atom. The van der Waals surface area contributed by atoms with E-state index in [2.05, 4.69) is 0 Å². The fraction of sp³-hybridized carbons (Fsp3) is 0.0769. The molecule has 1 N–H and O–H groups in total. The van der Waals surface area contributed by atoms with Gasteiger partial charge in [0.25, 0.3) is 0 Å². The number of para-hydroxylation sites is 1. The predicted molar refractivity (Wildman–Crippen MR) is 63.9 cm³/mol. The standard InChI is InChI=1S/C13H11ClO2/c14-11-5-3-6-12(8-11)16-9-10-4-1-2-7-13(10)15/h1-8,15H,9H2. The number of hydrogen-bond acceptors (Lipinski definition) is 2.